The van der Waals surface area contributed by atoms with E-state index in [1.807, 2.05) is 0 Å². The van der Waals surface area contributed by atoms with Crippen LogP contribution in [-0.4, -0.2) is 39.5 Å². The van der Waals surface area contributed by atoms with E-state index in [0.717, 1.165) is 32.1 Å². The van der Waals surface area contributed by atoms with Gasteiger partial charge < -0.3 is 19.6 Å². The van der Waals surface area contributed by atoms with Crippen molar-refractivity contribution in [2.75, 3.05) is 6.61 Å². The molecule has 0 saturated carbocycles. The lowest BCUT2D eigenvalue weighted by atomic mass is 10.1. The van der Waals surface area contributed by atoms with Crippen molar-refractivity contribution in [1.82, 2.24) is 0 Å². The van der Waals surface area contributed by atoms with Gasteiger partial charge in [0, 0.05) is 12.8 Å². The van der Waals surface area contributed by atoms with Crippen molar-refractivity contribution in [3.05, 3.63) is 12.2 Å². The number of aliphatic hydroxyl groups excluding tert-OH is 1. The Balaban J connectivity index is 3.46. The van der Waals surface area contributed by atoms with E-state index in [0.29, 0.717) is 6.42 Å². The zero-order valence-electron chi connectivity index (χ0n) is 18.5. The third-order valence-corrected chi connectivity index (χ3v) is 5.85. The second kappa shape index (κ2) is 19.0. The second-order valence-corrected chi connectivity index (χ2v) is 9.67. The number of carbonyl (C=O) groups excluding carboxylic acids is 1. The van der Waals surface area contributed by atoms with Crippen LogP contribution in [0.4, 0.5) is 4.39 Å². The first kappa shape index (κ1) is 29.2. The Morgan fingerprint density at radius 1 is 0.933 bits per heavy atom. The van der Waals surface area contributed by atoms with E-state index in [1.54, 1.807) is 0 Å². The van der Waals surface area contributed by atoms with Crippen LogP contribution in [0.5, 0.6) is 0 Å². The molecular formula is C22H42FO6P. The molecule has 0 aliphatic heterocycles. The highest BCUT2D eigenvalue weighted by atomic mass is 31.2. The van der Waals surface area contributed by atoms with Crippen LogP contribution in [0, 0.1) is 0 Å². The summed E-state index contributed by atoms with van der Waals surface area (Å²) >= 11 is 0. The van der Waals surface area contributed by atoms with Gasteiger partial charge in [-0.3, -0.25) is 9.36 Å². The minimum atomic E-state index is -4.88. The summed E-state index contributed by atoms with van der Waals surface area (Å²) in [5.74, 6) is -2.94. The van der Waals surface area contributed by atoms with Gasteiger partial charge in [-0.15, -0.1) is 0 Å². The van der Waals surface area contributed by atoms with E-state index in [1.165, 1.54) is 44.9 Å². The summed E-state index contributed by atoms with van der Waals surface area (Å²) in [5, 5.41) is 9.47. The van der Waals surface area contributed by atoms with E-state index in [2.05, 4.69) is 19.1 Å². The van der Waals surface area contributed by atoms with Crippen LogP contribution in [0.15, 0.2) is 12.2 Å². The maximum atomic E-state index is 13.1. The van der Waals surface area contributed by atoms with Gasteiger partial charge in [0.1, 0.15) is 6.61 Å². The molecule has 0 amide bonds. The van der Waals surface area contributed by atoms with Gasteiger partial charge in [0.05, 0.1) is 6.10 Å². The van der Waals surface area contributed by atoms with Crippen molar-refractivity contribution in [3.63, 3.8) is 0 Å². The Kier molecular flexibility index (Phi) is 18.5. The molecule has 0 aromatic carbocycles. The van der Waals surface area contributed by atoms with Crippen LogP contribution < -0.4 is 0 Å². The molecule has 0 aliphatic rings. The van der Waals surface area contributed by atoms with Gasteiger partial charge in [-0.1, -0.05) is 70.4 Å². The summed E-state index contributed by atoms with van der Waals surface area (Å²) in [5.41, 5.74) is 0. The molecule has 6 nitrogen and oxygen atoms in total. The fourth-order valence-corrected chi connectivity index (χ4v) is 3.55. The second-order valence-electron chi connectivity index (χ2n) is 7.93. The highest BCUT2D eigenvalue weighted by Gasteiger charge is 2.31. The summed E-state index contributed by atoms with van der Waals surface area (Å²) in [7, 11) is -4.88. The number of allylic oxidation sites excluding steroid dienone is 2. The molecule has 0 spiro atoms. The number of esters is 1. The van der Waals surface area contributed by atoms with Crippen LogP contribution in [-0.2, 0) is 14.1 Å². The predicted octanol–water partition coefficient (Wildman–Crippen LogP) is 5.79. The number of ether oxygens (including phenoxy) is 1. The molecule has 0 rings (SSSR count). The van der Waals surface area contributed by atoms with Crippen molar-refractivity contribution < 1.29 is 33.4 Å². The molecule has 2 atom stereocenters. The van der Waals surface area contributed by atoms with Crippen LogP contribution in [0.3, 0.4) is 0 Å². The Morgan fingerprint density at radius 3 is 1.97 bits per heavy atom. The quantitative estimate of drug-likeness (QED) is 0.0934. The van der Waals surface area contributed by atoms with Gasteiger partial charge in [0.15, 0.2) is 0 Å². The van der Waals surface area contributed by atoms with Crippen molar-refractivity contribution >= 4 is 13.6 Å². The van der Waals surface area contributed by atoms with Gasteiger partial charge in [-0.25, -0.2) is 4.39 Å². The predicted molar refractivity (Wildman–Crippen MR) is 118 cm³/mol. The van der Waals surface area contributed by atoms with Gasteiger partial charge in [-0.2, -0.15) is 0 Å². The Hall–Kier alpha value is -0.750. The monoisotopic (exact) mass is 452 g/mol. The van der Waals surface area contributed by atoms with Crippen LogP contribution in [0.1, 0.15) is 103 Å². The highest BCUT2D eigenvalue weighted by Crippen LogP contribution is 2.44. The number of halogens is 1. The summed E-state index contributed by atoms with van der Waals surface area (Å²) in [4.78, 5) is 28.8. The molecule has 0 fully saturated rings. The first-order chi connectivity index (χ1) is 14.3. The number of hydrogen-bond acceptors (Lipinski definition) is 4. The molecule has 0 aromatic rings. The molecule has 30 heavy (non-hydrogen) atoms. The lowest BCUT2D eigenvalue weighted by Crippen LogP contribution is -2.22. The number of hydrogen-bond donors (Lipinski definition) is 3. The minimum absolute atomic E-state index is 0.225. The molecule has 3 N–H and O–H groups in total. The van der Waals surface area contributed by atoms with E-state index in [-0.39, 0.29) is 6.42 Å². The first-order valence-corrected chi connectivity index (χ1v) is 13.1. The first-order valence-electron chi connectivity index (χ1n) is 11.4. The fraction of sp³-hybridized carbons (Fsp3) is 0.864. The maximum absolute atomic E-state index is 13.1. The molecule has 178 valence electrons. The van der Waals surface area contributed by atoms with Crippen LogP contribution in [0.25, 0.3) is 0 Å². The largest absolute Gasteiger partial charge is 0.463 e. The van der Waals surface area contributed by atoms with Crippen molar-refractivity contribution in [2.24, 2.45) is 0 Å². The maximum Gasteiger partial charge on any atom is 0.359 e. The smallest absolute Gasteiger partial charge is 0.359 e. The SMILES string of the molecule is CCCCCCCCC=CCCCCCCCC(=O)OC[C@H](O)CC(F)P(=O)(O)O. The van der Waals surface area contributed by atoms with E-state index >= 15 is 0 Å². The average molecular weight is 453 g/mol. The topological polar surface area (TPSA) is 104 Å². The number of unbranched alkanes of at least 4 members (excludes halogenated alkanes) is 11. The molecule has 1 unspecified atom stereocenters. The zero-order chi connectivity index (χ0) is 22.7. The van der Waals surface area contributed by atoms with Gasteiger partial charge >= 0.3 is 13.6 Å². The molecule has 8 heteroatoms. The third-order valence-electron chi connectivity index (χ3n) is 4.91. The van der Waals surface area contributed by atoms with Crippen molar-refractivity contribution in [2.45, 2.75) is 115 Å². The Morgan fingerprint density at radius 2 is 1.43 bits per heavy atom. The number of rotatable bonds is 20. The van der Waals surface area contributed by atoms with Gasteiger partial charge in [-0.05, 0) is 32.1 Å². The molecule has 0 aromatic heterocycles. The average Bonchev–Trinajstić information content (AvgIpc) is 2.68. The molecular weight excluding hydrogens is 410 g/mol. The summed E-state index contributed by atoms with van der Waals surface area (Å²) in [6.07, 6.45) is 17.8. The van der Waals surface area contributed by atoms with E-state index < -0.39 is 38.6 Å². The lowest BCUT2D eigenvalue weighted by Gasteiger charge is -2.15. The zero-order valence-corrected chi connectivity index (χ0v) is 19.4. The number of aliphatic hydroxyl groups is 1. The Labute approximate surface area is 181 Å². The third kappa shape index (κ3) is 19.2. The number of alkyl halides is 1. The van der Waals surface area contributed by atoms with Gasteiger partial charge in [0.2, 0.25) is 5.91 Å². The molecule has 0 radical (unpaired) electrons. The van der Waals surface area contributed by atoms with E-state index in [9.17, 15) is 18.9 Å². The molecule has 0 aliphatic carbocycles. The standard InChI is InChI=1S/C22H42FO6P/c1-2-3-4-5-6-7-8-9-10-11-12-13-14-15-16-17-22(25)29-19-20(24)18-21(23)30(26,27)28/h9-10,20-21,24H,2-8,11-19H2,1H3,(H2,26,27,28)/t20-,21?/m1/s1. The molecule has 0 bridgehead atoms. The normalized spacial score (nSPS) is 14.2. The van der Waals surface area contributed by atoms with Crippen molar-refractivity contribution in [1.29, 1.82) is 0 Å². The summed E-state index contributed by atoms with van der Waals surface area (Å²) < 4.78 is 28.6. The Bertz CT molecular complexity index is 494. The van der Waals surface area contributed by atoms with Gasteiger partial charge in [0.25, 0.3) is 0 Å². The van der Waals surface area contributed by atoms with Crippen molar-refractivity contribution in [3.8, 4) is 0 Å². The minimum Gasteiger partial charge on any atom is -0.463 e. The lowest BCUT2D eigenvalue weighted by molar-refractivity contribution is -0.147. The van der Waals surface area contributed by atoms with Crippen LogP contribution >= 0.6 is 7.60 Å². The number of carbonyl (C=O) groups is 1. The fourth-order valence-electron chi connectivity index (χ4n) is 3.03. The van der Waals surface area contributed by atoms with Crippen LogP contribution in [0.2, 0.25) is 0 Å². The summed E-state index contributed by atoms with van der Waals surface area (Å²) in [6.45, 7) is 1.78. The summed E-state index contributed by atoms with van der Waals surface area (Å²) in [6, 6.07) is 0. The highest BCUT2D eigenvalue weighted by molar-refractivity contribution is 7.52. The molecule has 0 heterocycles. The van der Waals surface area contributed by atoms with E-state index in [4.69, 9.17) is 14.5 Å². The molecule has 0 saturated heterocycles.